The van der Waals surface area contributed by atoms with E-state index in [1.807, 2.05) is 19.1 Å². The number of hydrogen-bond donors (Lipinski definition) is 2. The Balaban J connectivity index is 2.27. The second-order valence-corrected chi connectivity index (χ2v) is 6.95. The lowest BCUT2D eigenvalue weighted by molar-refractivity contribution is 0.102. The van der Waals surface area contributed by atoms with Crippen LogP contribution in [0.4, 0.5) is 11.4 Å². The summed E-state index contributed by atoms with van der Waals surface area (Å²) in [6.07, 6.45) is 0. The Labute approximate surface area is 126 Å². The molecule has 0 aliphatic rings. The molecule has 1 aromatic carbocycles. The Hall–Kier alpha value is -0.850. The molecule has 94 valence electrons. The van der Waals surface area contributed by atoms with E-state index in [4.69, 9.17) is 5.73 Å². The zero-order chi connectivity index (χ0) is 13.3. The van der Waals surface area contributed by atoms with Gasteiger partial charge in [0.05, 0.1) is 20.7 Å². The van der Waals surface area contributed by atoms with Gasteiger partial charge in [0, 0.05) is 9.85 Å². The molecule has 0 spiro atoms. The number of anilines is 2. The molecule has 0 fully saturated rings. The minimum absolute atomic E-state index is 0.173. The van der Waals surface area contributed by atoms with Gasteiger partial charge < -0.3 is 11.1 Å². The van der Waals surface area contributed by atoms with E-state index in [2.05, 4.69) is 37.2 Å². The van der Waals surface area contributed by atoms with Gasteiger partial charge in [0.15, 0.2) is 0 Å². The van der Waals surface area contributed by atoms with Gasteiger partial charge in [0.25, 0.3) is 5.91 Å². The molecule has 3 N–H and O–H groups in total. The summed E-state index contributed by atoms with van der Waals surface area (Å²) in [5, 5.41) is 4.60. The maximum absolute atomic E-state index is 12.0. The van der Waals surface area contributed by atoms with E-state index in [9.17, 15) is 4.79 Å². The van der Waals surface area contributed by atoms with Crippen molar-refractivity contribution >= 4 is 60.5 Å². The lowest BCUT2D eigenvalue weighted by atomic mass is 10.2. The highest BCUT2D eigenvalue weighted by Crippen LogP contribution is 2.31. The Bertz CT molecular complexity index is 587. The van der Waals surface area contributed by atoms with Crippen molar-refractivity contribution in [1.29, 1.82) is 0 Å². The molecule has 1 heterocycles. The average Bonchev–Trinajstić information content (AvgIpc) is 2.70. The molecule has 0 saturated carbocycles. The van der Waals surface area contributed by atoms with E-state index in [1.165, 1.54) is 11.3 Å². The fourth-order valence-corrected chi connectivity index (χ4v) is 3.34. The van der Waals surface area contributed by atoms with Crippen LogP contribution in [-0.4, -0.2) is 5.91 Å². The number of rotatable bonds is 2. The van der Waals surface area contributed by atoms with E-state index in [1.54, 1.807) is 11.4 Å². The van der Waals surface area contributed by atoms with E-state index >= 15 is 0 Å². The predicted molar refractivity (Wildman–Crippen MR) is 83.3 cm³/mol. The first-order chi connectivity index (χ1) is 8.47. The van der Waals surface area contributed by atoms with Crippen LogP contribution in [-0.2, 0) is 0 Å². The molecule has 2 rings (SSSR count). The number of benzene rings is 1. The van der Waals surface area contributed by atoms with E-state index in [-0.39, 0.29) is 5.91 Å². The number of nitrogen functional groups attached to an aromatic ring is 1. The first kappa shape index (κ1) is 13.6. The number of aryl methyl sites for hydroxylation is 1. The standard InChI is InChI=1S/C12H10Br2N2OS/c1-6-2-8(13)11(9(15)3-6)16-12(17)7-4-10(14)18-5-7/h2-5H,15H2,1H3,(H,16,17). The van der Waals surface area contributed by atoms with Crippen LogP contribution in [0.25, 0.3) is 0 Å². The molecule has 0 unspecified atom stereocenters. The van der Waals surface area contributed by atoms with Crippen molar-refractivity contribution < 1.29 is 4.79 Å². The number of hydrogen-bond acceptors (Lipinski definition) is 3. The Morgan fingerprint density at radius 2 is 2.06 bits per heavy atom. The number of halogens is 2. The van der Waals surface area contributed by atoms with Crippen LogP contribution < -0.4 is 11.1 Å². The fraction of sp³-hybridized carbons (Fsp3) is 0.0833. The number of nitrogens with two attached hydrogens (primary N) is 1. The first-order valence-electron chi connectivity index (χ1n) is 5.08. The van der Waals surface area contributed by atoms with E-state index < -0.39 is 0 Å². The lowest BCUT2D eigenvalue weighted by Gasteiger charge is -2.10. The summed E-state index contributed by atoms with van der Waals surface area (Å²) < 4.78 is 1.70. The van der Waals surface area contributed by atoms with Crippen LogP contribution in [0.1, 0.15) is 15.9 Å². The maximum Gasteiger partial charge on any atom is 0.256 e. The van der Waals surface area contributed by atoms with Gasteiger partial charge in [-0.25, -0.2) is 0 Å². The molecule has 0 saturated heterocycles. The highest BCUT2D eigenvalue weighted by Gasteiger charge is 2.12. The molecule has 1 aromatic heterocycles. The summed E-state index contributed by atoms with van der Waals surface area (Å²) in [7, 11) is 0. The zero-order valence-electron chi connectivity index (χ0n) is 9.46. The van der Waals surface area contributed by atoms with Crippen molar-refractivity contribution in [3.05, 3.63) is 43.0 Å². The summed E-state index contributed by atoms with van der Waals surface area (Å²) in [6.45, 7) is 1.95. The first-order valence-corrected chi connectivity index (χ1v) is 7.55. The third-order valence-electron chi connectivity index (χ3n) is 2.33. The zero-order valence-corrected chi connectivity index (χ0v) is 13.4. The van der Waals surface area contributed by atoms with Crippen molar-refractivity contribution in [3.8, 4) is 0 Å². The van der Waals surface area contributed by atoms with Gasteiger partial charge in [-0.2, -0.15) is 0 Å². The minimum atomic E-state index is -0.173. The topological polar surface area (TPSA) is 55.1 Å². The Kier molecular flexibility index (Phi) is 4.09. The second kappa shape index (κ2) is 5.42. The summed E-state index contributed by atoms with van der Waals surface area (Å²) in [4.78, 5) is 12.0. The molecule has 0 atom stereocenters. The molecule has 2 aromatic rings. The Morgan fingerprint density at radius 1 is 1.33 bits per heavy atom. The number of thiophene rings is 1. The van der Waals surface area contributed by atoms with Crippen LogP contribution in [0.5, 0.6) is 0 Å². The van der Waals surface area contributed by atoms with Gasteiger partial charge in [0.1, 0.15) is 0 Å². The van der Waals surface area contributed by atoms with Gasteiger partial charge in [-0.3, -0.25) is 4.79 Å². The van der Waals surface area contributed by atoms with Crippen molar-refractivity contribution in [2.24, 2.45) is 0 Å². The predicted octanol–water partition coefficient (Wildman–Crippen LogP) is 4.42. The van der Waals surface area contributed by atoms with Gasteiger partial charge >= 0.3 is 0 Å². The molecule has 0 aliphatic heterocycles. The molecule has 0 radical (unpaired) electrons. The largest absolute Gasteiger partial charge is 0.397 e. The lowest BCUT2D eigenvalue weighted by Crippen LogP contribution is -2.13. The molecule has 1 amide bonds. The molecule has 0 bridgehead atoms. The number of amides is 1. The van der Waals surface area contributed by atoms with Gasteiger partial charge in [0.2, 0.25) is 0 Å². The van der Waals surface area contributed by atoms with E-state index in [0.29, 0.717) is 16.9 Å². The Morgan fingerprint density at radius 3 is 2.61 bits per heavy atom. The fourth-order valence-electron chi connectivity index (χ4n) is 1.52. The summed E-state index contributed by atoms with van der Waals surface area (Å²) in [5.41, 5.74) is 8.70. The van der Waals surface area contributed by atoms with Crippen LogP contribution in [0.2, 0.25) is 0 Å². The monoisotopic (exact) mass is 388 g/mol. The SMILES string of the molecule is Cc1cc(N)c(NC(=O)c2csc(Br)c2)c(Br)c1. The van der Waals surface area contributed by atoms with Crippen molar-refractivity contribution in [2.75, 3.05) is 11.1 Å². The third-order valence-corrected chi connectivity index (χ3v) is 4.46. The second-order valence-electron chi connectivity index (χ2n) is 3.80. The normalized spacial score (nSPS) is 10.4. The summed E-state index contributed by atoms with van der Waals surface area (Å²) in [5.74, 6) is -0.173. The van der Waals surface area contributed by atoms with Crippen molar-refractivity contribution in [2.45, 2.75) is 6.92 Å². The average molecular weight is 390 g/mol. The highest BCUT2D eigenvalue weighted by molar-refractivity contribution is 9.11. The van der Waals surface area contributed by atoms with Crippen LogP contribution in [0.15, 0.2) is 31.8 Å². The van der Waals surface area contributed by atoms with Crippen molar-refractivity contribution in [3.63, 3.8) is 0 Å². The number of carbonyl (C=O) groups excluding carboxylic acids is 1. The maximum atomic E-state index is 12.0. The van der Waals surface area contributed by atoms with Crippen LogP contribution in [0, 0.1) is 6.92 Å². The molecule has 6 heteroatoms. The molecular formula is C12H10Br2N2OS. The third kappa shape index (κ3) is 2.93. The highest BCUT2D eigenvalue weighted by atomic mass is 79.9. The van der Waals surface area contributed by atoms with Crippen molar-refractivity contribution in [1.82, 2.24) is 0 Å². The van der Waals surface area contributed by atoms with Crippen LogP contribution >= 0.6 is 43.2 Å². The van der Waals surface area contributed by atoms with Gasteiger partial charge in [-0.15, -0.1) is 11.3 Å². The number of carbonyl (C=O) groups is 1. The molecule has 18 heavy (non-hydrogen) atoms. The minimum Gasteiger partial charge on any atom is -0.397 e. The molecule has 3 nitrogen and oxygen atoms in total. The molecular weight excluding hydrogens is 380 g/mol. The van der Waals surface area contributed by atoms with Gasteiger partial charge in [-0.1, -0.05) is 0 Å². The van der Waals surface area contributed by atoms with Gasteiger partial charge in [-0.05, 0) is 62.5 Å². The molecule has 0 aliphatic carbocycles. The van der Waals surface area contributed by atoms with E-state index in [0.717, 1.165) is 13.8 Å². The smallest absolute Gasteiger partial charge is 0.256 e. The summed E-state index contributed by atoms with van der Waals surface area (Å²) in [6, 6.07) is 5.51. The summed E-state index contributed by atoms with van der Waals surface area (Å²) >= 11 is 8.20. The quantitative estimate of drug-likeness (QED) is 0.747. The number of nitrogens with one attached hydrogen (secondary N) is 1. The van der Waals surface area contributed by atoms with Crippen LogP contribution in [0.3, 0.4) is 0 Å².